The van der Waals surface area contributed by atoms with E-state index in [9.17, 15) is 9.59 Å². The minimum absolute atomic E-state index is 0.166. The smallest absolute Gasteiger partial charge is 0.243 e. The molecule has 2 unspecified atom stereocenters. The molecule has 0 spiro atoms. The van der Waals surface area contributed by atoms with Crippen LogP contribution in [0.3, 0.4) is 0 Å². The van der Waals surface area contributed by atoms with Crippen LogP contribution in [0.1, 0.15) is 57.1 Å². The second-order valence-electron chi connectivity index (χ2n) is 5.63. The Hall–Kier alpha value is -1.68. The zero-order valence-electron chi connectivity index (χ0n) is 12.6. The summed E-state index contributed by atoms with van der Waals surface area (Å²) in [7, 11) is 0. The van der Waals surface area contributed by atoms with Crippen LogP contribution in [0.5, 0.6) is 0 Å². The Morgan fingerprint density at radius 3 is 2.67 bits per heavy atom. The van der Waals surface area contributed by atoms with Crippen LogP contribution in [0, 0.1) is 0 Å². The fraction of sp³-hybridized carbons (Fsp3) is 0.529. The maximum atomic E-state index is 11.9. The summed E-state index contributed by atoms with van der Waals surface area (Å²) in [6, 6.07) is 10.1. The molecule has 4 heteroatoms. The molecule has 1 fully saturated rings. The van der Waals surface area contributed by atoms with Gasteiger partial charge in [0.1, 0.15) is 0 Å². The van der Waals surface area contributed by atoms with Crippen molar-refractivity contribution < 1.29 is 9.59 Å². The standard InChI is InChI=1S/C17H24N2O2/c1-2-3-5-10-14(13-8-6-4-7-9-13)18-15-11-12-16(20)19-17(15)21/h4,6-9,14-15,18H,2-3,5,10-12H2,1H3,(H,19,20,21). The van der Waals surface area contributed by atoms with Gasteiger partial charge < -0.3 is 0 Å². The Morgan fingerprint density at radius 2 is 2.00 bits per heavy atom. The van der Waals surface area contributed by atoms with Crippen molar-refractivity contribution >= 4 is 11.8 Å². The summed E-state index contributed by atoms with van der Waals surface area (Å²) in [6.07, 6.45) is 5.52. The summed E-state index contributed by atoms with van der Waals surface area (Å²) in [4.78, 5) is 23.1. The third-order valence-electron chi connectivity index (χ3n) is 3.94. The summed E-state index contributed by atoms with van der Waals surface area (Å²) in [6.45, 7) is 2.19. The summed E-state index contributed by atoms with van der Waals surface area (Å²) in [5.74, 6) is -0.358. The van der Waals surface area contributed by atoms with Gasteiger partial charge in [-0.25, -0.2) is 0 Å². The lowest BCUT2D eigenvalue weighted by molar-refractivity contribution is -0.134. The van der Waals surface area contributed by atoms with E-state index in [0.29, 0.717) is 12.8 Å². The number of rotatable bonds is 7. The molecule has 1 aliphatic rings. The molecule has 1 aromatic carbocycles. The normalized spacial score (nSPS) is 20.1. The summed E-state index contributed by atoms with van der Waals surface area (Å²) < 4.78 is 0. The monoisotopic (exact) mass is 288 g/mol. The average molecular weight is 288 g/mol. The van der Waals surface area contributed by atoms with Gasteiger partial charge in [-0.3, -0.25) is 20.2 Å². The van der Waals surface area contributed by atoms with Gasteiger partial charge >= 0.3 is 0 Å². The molecule has 2 amide bonds. The molecule has 1 aromatic rings. The predicted octanol–water partition coefficient (Wildman–Crippen LogP) is 2.70. The van der Waals surface area contributed by atoms with Gasteiger partial charge in [-0.15, -0.1) is 0 Å². The van der Waals surface area contributed by atoms with Crippen LogP contribution >= 0.6 is 0 Å². The number of carbonyl (C=O) groups is 2. The largest absolute Gasteiger partial charge is 0.299 e. The Morgan fingerprint density at radius 1 is 1.24 bits per heavy atom. The van der Waals surface area contributed by atoms with Gasteiger partial charge in [0.05, 0.1) is 6.04 Å². The molecule has 21 heavy (non-hydrogen) atoms. The second-order valence-corrected chi connectivity index (χ2v) is 5.63. The average Bonchev–Trinajstić information content (AvgIpc) is 2.49. The first-order valence-corrected chi connectivity index (χ1v) is 7.85. The first-order valence-electron chi connectivity index (χ1n) is 7.85. The minimum atomic E-state index is -0.269. The van der Waals surface area contributed by atoms with Crippen molar-refractivity contribution in [3.05, 3.63) is 35.9 Å². The highest BCUT2D eigenvalue weighted by Crippen LogP contribution is 2.22. The highest BCUT2D eigenvalue weighted by atomic mass is 16.2. The molecule has 0 aliphatic carbocycles. The first kappa shape index (κ1) is 15.7. The van der Waals surface area contributed by atoms with Crippen molar-refractivity contribution in [2.24, 2.45) is 0 Å². The molecule has 1 heterocycles. The molecular formula is C17H24N2O2. The lowest BCUT2D eigenvalue weighted by Crippen LogP contribution is -2.51. The Kier molecular flexibility index (Phi) is 5.93. The molecule has 0 aromatic heterocycles. The van der Waals surface area contributed by atoms with Crippen molar-refractivity contribution in [1.29, 1.82) is 0 Å². The van der Waals surface area contributed by atoms with Crippen molar-refractivity contribution in [2.75, 3.05) is 0 Å². The van der Waals surface area contributed by atoms with Crippen LogP contribution < -0.4 is 10.6 Å². The van der Waals surface area contributed by atoms with E-state index in [1.165, 1.54) is 18.4 Å². The first-order chi connectivity index (χ1) is 10.2. The Balaban J connectivity index is 2.01. The van der Waals surface area contributed by atoms with Crippen molar-refractivity contribution in [3.63, 3.8) is 0 Å². The van der Waals surface area contributed by atoms with Gasteiger partial charge in [0, 0.05) is 12.5 Å². The highest BCUT2D eigenvalue weighted by molar-refractivity contribution is 6.00. The summed E-state index contributed by atoms with van der Waals surface area (Å²) in [5, 5.41) is 5.85. The molecule has 0 bridgehead atoms. The number of carbonyl (C=O) groups excluding carboxylic acids is 2. The molecule has 2 rings (SSSR count). The number of piperidine rings is 1. The molecule has 114 valence electrons. The molecule has 1 saturated heterocycles. The zero-order valence-corrected chi connectivity index (χ0v) is 12.6. The number of unbranched alkanes of at least 4 members (excludes halogenated alkanes) is 2. The van der Waals surface area contributed by atoms with Gasteiger partial charge in [0.15, 0.2) is 0 Å². The molecule has 4 nitrogen and oxygen atoms in total. The van der Waals surface area contributed by atoms with E-state index in [1.807, 2.05) is 18.2 Å². The van der Waals surface area contributed by atoms with Gasteiger partial charge in [0.2, 0.25) is 11.8 Å². The minimum Gasteiger partial charge on any atom is -0.299 e. The van der Waals surface area contributed by atoms with Gasteiger partial charge in [-0.2, -0.15) is 0 Å². The van der Waals surface area contributed by atoms with E-state index < -0.39 is 0 Å². The SMILES string of the molecule is CCCCCC(NC1CCC(=O)NC1=O)c1ccccc1. The summed E-state index contributed by atoms with van der Waals surface area (Å²) >= 11 is 0. The Labute approximate surface area is 126 Å². The van der Waals surface area contributed by atoms with Crippen LogP contribution in [-0.4, -0.2) is 17.9 Å². The van der Waals surface area contributed by atoms with E-state index in [4.69, 9.17) is 0 Å². The molecule has 0 radical (unpaired) electrons. The third kappa shape index (κ3) is 4.67. The van der Waals surface area contributed by atoms with Crippen molar-refractivity contribution in [2.45, 2.75) is 57.5 Å². The molecule has 0 saturated carbocycles. The predicted molar refractivity (Wildman–Crippen MR) is 82.6 cm³/mol. The van der Waals surface area contributed by atoms with E-state index in [-0.39, 0.29) is 23.9 Å². The van der Waals surface area contributed by atoms with Crippen LogP contribution in [0.2, 0.25) is 0 Å². The molecule has 2 N–H and O–H groups in total. The lowest BCUT2D eigenvalue weighted by atomic mass is 9.97. The van der Waals surface area contributed by atoms with Crippen LogP contribution in [0.15, 0.2) is 30.3 Å². The quantitative estimate of drug-likeness (QED) is 0.599. The van der Waals surface area contributed by atoms with Crippen molar-refractivity contribution in [3.8, 4) is 0 Å². The van der Waals surface area contributed by atoms with Gasteiger partial charge in [-0.1, -0.05) is 56.5 Å². The Bertz CT molecular complexity index is 473. The fourth-order valence-electron chi connectivity index (χ4n) is 2.73. The zero-order chi connectivity index (χ0) is 15.1. The van der Waals surface area contributed by atoms with Crippen LogP contribution in [0.25, 0.3) is 0 Å². The maximum absolute atomic E-state index is 11.9. The molecular weight excluding hydrogens is 264 g/mol. The molecule has 1 aliphatic heterocycles. The van der Waals surface area contributed by atoms with E-state index in [2.05, 4.69) is 29.7 Å². The highest BCUT2D eigenvalue weighted by Gasteiger charge is 2.28. The number of benzene rings is 1. The van der Waals surface area contributed by atoms with Gasteiger partial charge in [-0.05, 0) is 18.4 Å². The number of nitrogens with one attached hydrogen (secondary N) is 2. The molecule has 2 atom stereocenters. The van der Waals surface area contributed by atoms with E-state index in [0.717, 1.165) is 12.8 Å². The second kappa shape index (κ2) is 7.93. The van der Waals surface area contributed by atoms with Gasteiger partial charge in [0.25, 0.3) is 0 Å². The number of hydrogen-bond donors (Lipinski definition) is 2. The topological polar surface area (TPSA) is 58.2 Å². The number of hydrogen-bond acceptors (Lipinski definition) is 3. The maximum Gasteiger partial charge on any atom is 0.243 e. The van der Waals surface area contributed by atoms with E-state index >= 15 is 0 Å². The third-order valence-corrected chi connectivity index (χ3v) is 3.94. The number of amides is 2. The van der Waals surface area contributed by atoms with Crippen molar-refractivity contribution in [1.82, 2.24) is 10.6 Å². The fourth-order valence-corrected chi connectivity index (χ4v) is 2.73. The summed E-state index contributed by atoms with van der Waals surface area (Å²) in [5.41, 5.74) is 1.21. The number of imide groups is 1. The van der Waals surface area contributed by atoms with Crippen LogP contribution in [0.4, 0.5) is 0 Å². The van der Waals surface area contributed by atoms with E-state index in [1.54, 1.807) is 0 Å². The van der Waals surface area contributed by atoms with Crippen LogP contribution in [-0.2, 0) is 9.59 Å². The lowest BCUT2D eigenvalue weighted by Gasteiger charge is -2.28.